The molecular formula is C18H20N4O. The van der Waals surface area contributed by atoms with Crippen LogP contribution in [-0.2, 0) is 0 Å². The van der Waals surface area contributed by atoms with Crippen LogP contribution < -0.4 is 5.32 Å². The molecule has 5 rings (SSSR count). The topological polar surface area (TPSA) is 61.0 Å². The van der Waals surface area contributed by atoms with E-state index in [0.29, 0.717) is 11.6 Å². The van der Waals surface area contributed by atoms with Gasteiger partial charge in [-0.2, -0.15) is 5.10 Å². The first-order chi connectivity index (χ1) is 11.2. The van der Waals surface area contributed by atoms with Crippen molar-refractivity contribution in [2.24, 2.45) is 5.92 Å². The number of H-pyrrole nitrogens is 1. The Morgan fingerprint density at radius 1 is 1.39 bits per heavy atom. The summed E-state index contributed by atoms with van der Waals surface area (Å²) in [5, 5.41) is 11.2. The largest absolute Gasteiger partial charge is 0.346 e. The molecule has 1 aromatic carbocycles. The van der Waals surface area contributed by atoms with Gasteiger partial charge in [0, 0.05) is 23.5 Å². The number of carbonyl (C=O) groups is 1. The van der Waals surface area contributed by atoms with Gasteiger partial charge in [-0.1, -0.05) is 5.92 Å². The van der Waals surface area contributed by atoms with Crippen molar-refractivity contribution < 1.29 is 4.79 Å². The predicted octanol–water partition coefficient (Wildman–Crippen LogP) is 1.76. The quantitative estimate of drug-likeness (QED) is 0.831. The van der Waals surface area contributed by atoms with E-state index < -0.39 is 0 Å². The van der Waals surface area contributed by atoms with Crippen LogP contribution >= 0.6 is 0 Å². The maximum Gasteiger partial charge on any atom is 0.272 e. The zero-order valence-corrected chi connectivity index (χ0v) is 13.2. The summed E-state index contributed by atoms with van der Waals surface area (Å²) in [6.07, 6.45) is 2.37. The molecule has 0 unspecified atom stereocenters. The van der Waals surface area contributed by atoms with Gasteiger partial charge in [-0.15, -0.1) is 5.92 Å². The maximum absolute atomic E-state index is 12.6. The Labute approximate surface area is 135 Å². The zero-order chi connectivity index (χ0) is 15.8. The van der Waals surface area contributed by atoms with Crippen molar-refractivity contribution in [2.45, 2.75) is 25.8 Å². The Morgan fingerprint density at radius 3 is 2.91 bits per heavy atom. The number of carbonyl (C=O) groups excluding carboxylic acids is 1. The van der Waals surface area contributed by atoms with Crippen molar-refractivity contribution in [2.75, 3.05) is 19.6 Å². The highest BCUT2D eigenvalue weighted by Gasteiger charge is 2.35. The van der Waals surface area contributed by atoms with E-state index in [-0.39, 0.29) is 11.9 Å². The van der Waals surface area contributed by atoms with Crippen LogP contribution in [0.4, 0.5) is 0 Å². The summed E-state index contributed by atoms with van der Waals surface area (Å²) >= 11 is 0. The number of nitrogens with zero attached hydrogens (tertiary/aromatic N) is 2. The van der Waals surface area contributed by atoms with E-state index in [0.717, 1.165) is 23.0 Å². The maximum atomic E-state index is 12.6. The summed E-state index contributed by atoms with van der Waals surface area (Å²) in [5.74, 6) is 6.43. The molecule has 23 heavy (non-hydrogen) atoms. The average Bonchev–Trinajstić information content (AvgIpc) is 2.99. The smallest absolute Gasteiger partial charge is 0.272 e. The number of hydrogen-bond acceptors (Lipinski definition) is 3. The molecular weight excluding hydrogens is 288 g/mol. The van der Waals surface area contributed by atoms with E-state index in [1.807, 2.05) is 25.1 Å². The summed E-state index contributed by atoms with van der Waals surface area (Å²) in [4.78, 5) is 15.1. The van der Waals surface area contributed by atoms with Crippen LogP contribution in [0.5, 0.6) is 0 Å². The van der Waals surface area contributed by atoms with Gasteiger partial charge in [-0.3, -0.25) is 9.89 Å². The average molecular weight is 308 g/mol. The van der Waals surface area contributed by atoms with Gasteiger partial charge in [0.25, 0.3) is 5.91 Å². The minimum atomic E-state index is -0.0793. The Balaban J connectivity index is 1.56. The number of aromatic nitrogens is 2. The fourth-order valence-electron chi connectivity index (χ4n) is 3.78. The number of nitrogens with one attached hydrogen (secondary N) is 2. The summed E-state index contributed by atoms with van der Waals surface area (Å²) in [6, 6.07) is 6.04. The van der Waals surface area contributed by atoms with Crippen molar-refractivity contribution in [1.82, 2.24) is 20.4 Å². The normalized spacial score (nSPS) is 25.9. The summed E-state index contributed by atoms with van der Waals surface area (Å²) in [6.45, 7) is 5.12. The van der Waals surface area contributed by atoms with Gasteiger partial charge in [0.15, 0.2) is 5.69 Å². The molecule has 3 saturated heterocycles. The van der Waals surface area contributed by atoms with Crippen molar-refractivity contribution in [3.63, 3.8) is 0 Å². The third kappa shape index (κ3) is 2.60. The fourth-order valence-corrected chi connectivity index (χ4v) is 3.78. The Morgan fingerprint density at radius 2 is 2.22 bits per heavy atom. The van der Waals surface area contributed by atoms with E-state index >= 15 is 0 Å². The molecule has 0 spiro atoms. The predicted molar refractivity (Wildman–Crippen MR) is 89.1 cm³/mol. The first-order valence-corrected chi connectivity index (χ1v) is 8.18. The van der Waals surface area contributed by atoms with Crippen LogP contribution in [-0.4, -0.2) is 46.7 Å². The van der Waals surface area contributed by atoms with Crippen LogP contribution in [0.15, 0.2) is 18.2 Å². The van der Waals surface area contributed by atoms with Crippen LogP contribution in [0, 0.1) is 17.8 Å². The van der Waals surface area contributed by atoms with E-state index in [2.05, 4.69) is 32.3 Å². The van der Waals surface area contributed by atoms with Crippen molar-refractivity contribution in [3.05, 3.63) is 29.5 Å². The second kappa shape index (κ2) is 5.71. The lowest BCUT2D eigenvalue weighted by atomic mass is 9.84. The second-order valence-corrected chi connectivity index (χ2v) is 6.43. The molecule has 4 heterocycles. The molecule has 2 N–H and O–H groups in total. The molecule has 118 valence electrons. The lowest BCUT2D eigenvalue weighted by Gasteiger charge is -2.44. The zero-order valence-electron chi connectivity index (χ0n) is 13.2. The third-order valence-electron chi connectivity index (χ3n) is 5.02. The number of hydrogen-bond donors (Lipinski definition) is 2. The van der Waals surface area contributed by atoms with Gasteiger partial charge in [0.2, 0.25) is 0 Å². The molecule has 1 atom stereocenters. The van der Waals surface area contributed by atoms with Gasteiger partial charge >= 0.3 is 0 Å². The first-order valence-electron chi connectivity index (χ1n) is 8.18. The SMILES string of the molecule is CC#Cc1ccc2c(C(=O)N[C@@H]3CN4CCC3CC4)n[nH]c2c1. The number of fused-ring (bicyclic) bond motifs is 4. The molecule has 3 aliphatic heterocycles. The second-order valence-electron chi connectivity index (χ2n) is 6.43. The molecule has 3 fully saturated rings. The van der Waals surface area contributed by atoms with Gasteiger partial charge in [-0.05, 0) is 57.0 Å². The molecule has 2 bridgehead atoms. The first kappa shape index (κ1) is 14.3. The highest BCUT2D eigenvalue weighted by Crippen LogP contribution is 2.28. The number of amides is 1. The molecule has 2 aromatic rings. The lowest BCUT2D eigenvalue weighted by molar-refractivity contribution is 0.0618. The van der Waals surface area contributed by atoms with Gasteiger partial charge < -0.3 is 10.2 Å². The van der Waals surface area contributed by atoms with Crippen molar-refractivity contribution in [3.8, 4) is 11.8 Å². The summed E-state index contributed by atoms with van der Waals surface area (Å²) < 4.78 is 0. The number of rotatable bonds is 2. The van der Waals surface area contributed by atoms with Gasteiger partial charge in [-0.25, -0.2) is 0 Å². The van der Waals surface area contributed by atoms with E-state index in [4.69, 9.17) is 0 Å². The highest BCUT2D eigenvalue weighted by atomic mass is 16.2. The van der Waals surface area contributed by atoms with E-state index in [1.165, 1.54) is 25.9 Å². The third-order valence-corrected chi connectivity index (χ3v) is 5.02. The van der Waals surface area contributed by atoms with Crippen LogP contribution in [0.1, 0.15) is 35.8 Å². The van der Waals surface area contributed by atoms with Crippen LogP contribution in [0.3, 0.4) is 0 Å². The molecule has 5 nitrogen and oxygen atoms in total. The summed E-state index contributed by atoms with van der Waals surface area (Å²) in [5.41, 5.74) is 2.25. The monoisotopic (exact) mass is 308 g/mol. The lowest BCUT2D eigenvalue weighted by Crippen LogP contribution is -2.57. The Hall–Kier alpha value is -2.32. The number of piperidine rings is 3. The Bertz CT molecular complexity index is 805. The molecule has 0 aliphatic carbocycles. The standard InChI is InChI=1S/C18H20N4O/c1-2-3-12-4-5-14-15(10-12)20-21-17(14)18(23)19-16-11-22-8-6-13(16)7-9-22/h4-5,10,13,16H,6-9,11H2,1H3,(H,19,23)(H,20,21)/t16-/m1/s1. The van der Waals surface area contributed by atoms with Crippen molar-refractivity contribution >= 4 is 16.8 Å². The summed E-state index contributed by atoms with van der Waals surface area (Å²) in [7, 11) is 0. The van der Waals surface area contributed by atoms with Crippen LogP contribution in [0.25, 0.3) is 10.9 Å². The van der Waals surface area contributed by atoms with Gasteiger partial charge in [0.1, 0.15) is 0 Å². The minimum absolute atomic E-state index is 0.0793. The molecule has 0 saturated carbocycles. The highest BCUT2D eigenvalue weighted by molar-refractivity contribution is 6.05. The van der Waals surface area contributed by atoms with Gasteiger partial charge in [0.05, 0.1) is 5.52 Å². The molecule has 0 radical (unpaired) electrons. The minimum Gasteiger partial charge on any atom is -0.346 e. The van der Waals surface area contributed by atoms with E-state index in [1.54, 1.807) is 0 Å². The fraction of sp³-hybridized carbons (Fsp3) is 0.444. The Kier molecular flexibility index (Phi) is 3.55. The van der Waals surface area contributed by atoms with Crippen LogP contribution in [0.2, 0.25) is 0 Å². The van der Waals surface area contributed by atoms with Crippen molar-refractivity contribution in [1.29, 1.82) is 0 Å². The van der Waals surface area contributed by atoms with E-state index in [9.17, 15) is 4.79 Å². The molecule has 5 heteroatoms. The molecule has 1 aromatic heterocycles. The number of benzene rings is 1. The molecule has 3 aliphatic rings. The molecule has 1 amide bonds. The number of aromatic amines is 1.